The number of sulfonamides is 1. The normalized spacial score (nSPS) is 12.5. The Morgan fingerprint density at radius 1 is 1.10 bits per heavy atom. The molecule has 152 valence electrons. The van der Waals surface area contributed by atoms with Crippen LogP contribution in [-0.2, 0) is 14.8 Å². The molecule has 11 heteroatoms. The molecule has 1 amide bonds. The molecule has 0 spiro atoms. The summed E-state index contributed by atoms with van der Waals surface area (Å²) in [7, 11) is -4.12. The third-order valence-electron chi connectivity index (χ3n) is 3.74. The van der Waals surface area contributed by atoms with Crippen LogP contribution in [0, 0.1) is 6.92 Å². The van der Waals surface area contributed by atoms with Crippen molar-refractivity contribution in [1.29, 1.82) is 0 Å². The molecule has 5 N–H and O–H groups in total. The number of anilines is 1. The smallest absolute Gasteiger partial charge is 0.337 e. The molecular weight excluding hydrogens is 400 g/mol. The Morgan fingerprint density at radius 3 is 2.31 bits per heavy atom. The summed E-state index contributed by atoms with van der Waals surface area (Å²) in [5.74, 6) is -2.66. The first-order valence-corrected chi connectivity index (χ1v) is 9.64. The highest BCUT2D eigenvalue weighted by Crippen LogP contribution is 2.25. The first-order chi connectivity index (χ1) is 13.5. The van der Waals surface area contributed by atoms with Crippen molar-refractivity contribution in [2.24, 2.45) is 15.4 Å². The lowest BCUT2D eigenvalue weighted by atomic mass is 10.2. The SMILES string of the molecule is C/C(O)=C(/N=Nc1cc(S(N)(=O)=O)ccc1C(=O)O)C(=O)Nc1ccccc1C. The van der Waals surface area contributed by atoms with Gasteiger partial charge in [-0.05, 0) is 43.7 Å². The Balaban J connectivity index is 2.43. The van der Waals surface area contributed by atoms with E-state index in [1.807, 2.05) is 0 Å². The first kappa shape index (κ1) is 21.7. The highest BCUT2D eigenvalue weighted by atomic mass is 32.2. The number of carbonyl (C=O) groups is 2. The van der Waals surface area contributed by atoms with E-state index in [4.69, 9.17) is 5.14 Å². The van der Waals surface area contributed by atoms with E-state index in [0.717, 1.165) is 23.8 Å². The van der Waals surface area contributed by atoms with Crippen LogP contribution >= 0.6 is 0 Å². The molecule has 0 aromatic heterocycles. The van der Waals surface area contributed by atoms with Crippen LogP contribution in [0.25, 0.3) is 0 Å². The van der Waals surface area contributed by atoms with E-state index in [9.17, 15) is 28.2 Å². The zero-order chi connectivity index (χ0) is 21.8. The number of aliphatic hydroxyl groups is 1. The molecule has 29 heavy (non-hydrogen) atoms. The molecule has 2 aromatic carbocycles. The number of hydrogen-bond acceptors (Lipinski definition) is 7. The number of aromatic carboxylic acids is 1. The van der Waals surface area contributed by atoms with Gasteiger partial charge in [0.2, 0.25) is 10.0 Å². The average molecular weight is 418 g/mol. The molecule has 0 bridgehead atoms. The Hall–Kier alpha value is -3.57. The van der Waals surface area contributed by atoms with Crippen LogP contribution in [0.2, 0.25) is 0 Å². The molecule has 2 aromatic rings. The number of azo groups is 1. The zero-order valence-electron chi connectivity index (χ0n) is 15.4. The summed E-state index contributed by atoms with van der Waals surface area (Å²) in [5, 5.41) is 33.9. The van der Waals surface area contributed by atoms with Crippen LogP contribution in [0.1, 0.15) is 22.8 Å². The fraction of sp³-hybridized carbons (Fsp3) is 0.111. The number of aliphatic hydroxyl groups excluding tert-OH is 1. The van der Waals surface area contributed by atoms with Gasteiger partial charge in [0.1, 0.15) is 11.4 Å². The summed E-state index contributed by atoms with van der Waals surface area (Å²) < 4.78 is 23.0. The van der Waals surface area contributed by atoms with Crippen LogP contribution < -0.4 is 10.5 Å². The lowest BCUT2D eigenvalue weighted by molar-refractivity contribution is -0.113. The molecule has 0 aliphatic carbocycles. The number of carboxylic acid groups (broad SMARTS) is 1. The fourth-order valence-electron chi connectivity index (χ4n) is 2.23. The van der Waals surface area contributed by atoms with Gasteiger partial charge in [-0.25, -0.2) is 18.4 Å². The minimum atomic E-state index is -4.12. The van der Waals surface area contributed by atoms with Crippen LogP contribution in [0.4, 0.5) is 11.4 Å². The molecule has 0 aliphatic rings. The quantitative estimate of drug-likeness (QED) is 0.319. The molecular formula is C18H18N4O6S. The number of primary sulfonamides is 1. The topological polar surface area (TPSA) is 172 Å². The highest BCUT2D eigenvalue weighted by Gasteiger charge is 2.18. The van der Waals surface area contributed by atoms with Gasteiger partial charge >= 0.3 is 5.97 Å². The van der Waals surface area contributed by atoms with Crippen molar-refractivity contribution in [2.45, 2.75) is 18.7 Å². The minimum absolute atomic E-state index is 0.355. The average Bonchev–Trinajstić information content (AvgIpc) is 2.62. The van der Waals surface area contributed by atoms with Gasteiger partial charge in [-0.1, -0.05) is 18.2 Å². The van der Waals surface area contributed by atoms with Gasteiger partial charge in [0.15, 0.2) is 5.70 Å². The van der Waals surface area contributed by atoms with Crippen molar-refractivity contribution in [1.82, 2.24) is 0 Å². The highest BCUT2D eigenvalue weighted by molar-refractivity contribution is 7.89. The Bertz CT molecular complexity index is 1130. The third-order valence-corrected chi connectivity index (χ3v) is 4.65. The van der Waals surface area contributed by atoms with Crippen molar-refractivity contribution < 1.29 is 28.2 Å². The minimum Gasteiger partial charge on any atom is -0.510 e. The van der Waals surface area contributed by atoms with Crippen LogP contribution in [0.3, 0.4) is 0 Å². The Morgan fingerprint density at radius 2 is 1.76 bits per heavy atom. The van der Waals surface area contributed by atoms with E-state index in [0.29, 0.717) is 5.69 Å². The third kappa shape index (κ3) is 5.46. The monoisotopic (exact) mass is 418 g/mol. The maximum atomic E-state index is 12.5. The van der Waals surface area contributed by atoms with Crippen molar-refractivity contribution >= 4 is 33.3 Å². The number of carbonyl (C=O) groups excluding carboxylic acids is 1. The number of nitrogens with two attached hydrogens (primary N) is 1. The Kier molecular flexibility index (Phi) is 6.46. The molecule has 0 fully saturated rings. The van der Waals surface area contributed by atoms with Gasteiger partial charge in [0, 0.05) is 5.69 Å². The fourth-order valence-corrected chi connectivity index (χ4v) is 2.77. The number of aryl methyl sites for hydroxylation is 1. The van der Waals surface area contributed by atoms with E-state index in [1.54, 1.807) is 31.2 Å². The summed E-state index contributed by atoms with van der Waals surface area (Å²) in [6, 6.07) is 9.82. The molecule has 0 heterocycles. The van der Waals surface area contributed by atoms with E-state index < -0.39 is 33.4 Å². The molecule has 0 saturated carbocycles. The van der Waals surface area contributed by atoms with Gasteiger partial charge in [-0.2, -0.15) is 0 Å². The maximum absolute atomic E-state index is 12.5. The second-order valence-corrected chi connectivity index (χ2v) is 7.49. The number of amides is 1. The van der Waals surface area contributed by atoms with Crippen LogP contribution in [-0.4, -0.2) is 30.5 Å². The van der Waals surface area contributed by atoms with Gasteiger partial charge in [-0.3, -0.25) is 4.79 Å². The molecule has 0 aliphatic heterocycles. The summed E-state index contributed by atoms with van der Waals surface area (Å²) in [6.07, 6.45) is 0. The van der Waals surface area contributed by atoms with Crippen molar-refractivity contribution in [3.8, 4) is 0 Å². The number of benzene rings is 2. The maximum Gasteiger partial charge on any atom is 0.337 e. The number of hydrogen-bond donors (Lipinski definition) is 4. The second-order valence-electron chi connectivity index (χ2n) is 5.93. The summed E-state index contributed by atoms with van der Waals surface area (Å²) in [4.78, 5) is 23.4. The van der Waals surface area contributed by atoms with Crippen molar-refractivity contribution in [2.75, 3.05) is 5.32 Å². The lowest BCUT2D eigenvalue weighted by Crippen LogP contribution is -2.15. The van der Waals surface area contributed by atoms with Crippen molar-refractivity contribution in [3.63, 3.8) is 0 Å². The number of para-hydroxylation sites is 1. The predicted octanol–water partition coefficient (Wildman–Crippen LogP) is 2.85. The largest absolute Gasteiger partial charge is 0.510 e. The number of nitrogens with zero attached hydrogens (tertiary/aromatic N) is 2. The molecule has 2 rings (SSSR count). The van der Waals surface area contributed by atoms with Crippen LogP contribution in [0.15, 0.2) is 69.0 Å². The Labute approximate surface area is 166 Å². The zero-order valence-corrected chi connectivity index (χ0v) is 16.3. The number of nitrogens with one attached hydrogen (secondary N) is 1. The van der Waals surface area contributed by atoms with Crippen LogP contribution in [0.5, 0.6) is 0 Å². The second kappa shape index (κ2) is 8.63. The summed E-state index contributed by atoms with van der Waals surface area (Å²) in [6.45, 7) is 2.97. The molecule has 0 unspecified atom stereocenters. The summed E-state index contributed by atoms with van der Waals surface area (Å²) >= 11 is 0. The van der Waals surface area contributed by atoms with Gasteiger partial charge in [-0.15, -0.1) is 10.2 Å². The van der Waals surface area contributed by atoms with Gasteiger partial charge in [0.25, 0.3) is 5.91 Å². The standard InChI is InChI=1S/C18H18N4O6S/c1-10-5-3-4-6-14(10)20-17(24)16(11(2)23)22-21-15-9-12(29(19,27)28)7-8-13(15)18(25)26/h3-9,23H,1-2H3,(H,20,24)(H,25,26)(H2,19,27,28)/b16-11-,22-21?. The van der Waals surface area contributed by atoms with E-state index in [1.165, 1.54) is 6.92 Å². The molecule has 0 radical (unpaired) electrons. The molecule has 0 saturated heterocycles. The molecule has 10 nitrogen and oxygen atoms in total. The van der Waals surface area contributed by atoms with E-state index in [-0.39, 0.29) is 16.1 Å². The number of rotatable bonds is 6. The van der Waals surface area contributed by atoms with E-state index >= 15 is 0 Å². The summed E-state index contributed by atoms with van der Waals surface area (Å²) in [5.41, 5.74) is 0.0446. The number of allylic oxidation sites excluding steroid dienone is 1. The predicted molar refractivity (Wildman–Crippen MR) is 104 cm³/mol. The number of carboxylic acids is 1. The first-order valence-electron chi connectivity index (χ1n) is 8.09. The lowest BCUT2D eigenvalue weighted by Gasteiger charge is -2.08. The van der Waals surface area contributed by atoms with Gasteiger partial charge < -0.3 is 15.5 Å². The van der Waals surface area contributed by atoms with Gasteiger partial charge in [0.05, 0.1) is 10.5 Å². The molecule has 0 atom stereocenters. The van der Waals surface area contributed by atoms with E-state index in [2.05, 4.69) is 15.5 Å². The van der Waals surface area contributed by atoms with Crippen molar-refractivity contribution in [3.05, 3.63) is 65.0 Å².